The molecule has 6 nitrogen and oxygen atoms in total. The fourth-order valence-electron chi connectivity index (χ4n) is 3.78. The van der Waals surface area contributed by atoms with E-state index in [1.54, 1.807) is 12.1 Å². The molecular formula is C24H22FN3O3S. The lowest BCUT2D eigenvalue weighted by atomic mass is 9.93. The average molecular weight is 452 g/mol. The van der Waals surface area contributed by atoms with E-state index in [0.717, 1.165) is 5.56 Å². The summed E-state index contributed by atoms with van der Waals surface area (Å²) < 4.78 is 19.0. The van der Waals surface area contributed by atoms with Gasteiger partial charge in [-0.3, -0.25) is 4.79 Å². The number of nitrogens with zero attached hydrogens (tertiary/aromatic N) is 2. The second-order valence-electron chi connectivity index (χ2n) is 7.21. The largest absolute Gasteiger partial charge is 0.466 e. The summed E-state index contributed by atoms with van der Waals surface area (Å²) in [5, 5.41) is 5.16. The molecule has 0 spiro atoms. The van der Waals surface area contributed by atoms with E-state index in [0.29, 0.717) is 28.6 Å². The molecule has 164 valence electrons. The van der Waals surface area contributed by atoms with E-state index in [9.17, 15) is 14.0 Å². The summed E-state index contributed by atoms with van der Waals surface area (Å²) in [5.41, 5.74) is 2.80. The maximum Gasteiger partial charge on any atom is 0.338 e. The number of aliphatic imine (C=N–C) groups is 1. The van der Waals surface area contributed by atoms with Crippen LogP contribution in [-0.2, 0) is 14.3 Å². The number of ether oxygens (including phenoxy) is 1. The highest BCUT2D eigenvalue weighted by atomic mass is 32.2. The summed E-state index contributed by atoms with van der Waals surface area (Å²) in [6.07, 6.45) is 0.564. The van der Waals surface area contributed by atoms with E-state index in [2.05, 4.69) is 10.3 Å². The molecule has 4 rings (SSSR count). The number of rotatable bonds is 6. The number of benzene rings is 2. The van der Waals surface area contributed by atoms with Crippen molar-refractivity contribution in [1.82, 2.24) is 4.90 Å². The molecule has 0 aromatic heterocycles. The lowest BCUT2D eigenvalue weighted by molar-refractivity contribution is -0.136. The van der Waals surface area contributed by atoms with Gasteiger partial charge in [-0.15, -0.1) is 0 Å². The Morgan fingerprint density at radius 2 is 1.88 bits per heavy atom. The molecule has 1 atom stereocenters. The normalized spacial score (nSPS) is 17.5. The molecule has 0 fully saturated rings. The third kappa shape index (κ3) is 4.18. The van der Waals surface area contributed by atoms with Crippen LogP contribution in [0.1, 0.15) is 31.4 Å². The Hall–Kier alpha value is -3.39. The van der Waals surface area contributed by atoms with Crippen molar-refractivity contribution in [3.05, 3.63) is 88.4 Å². The highest BCUT2D eigenvalue weighted by Gasteiger charge is 2.41. The predicted octanol–water partition coefficient (Wildman–Crippen LogP) is 4.99. The lowest BCUT2D eigenvalue weighted by Gasteiger charge is -2.36. The molecule has 0 saturated carbocycles. The van der Waals surface area contributed by atoms with Crippen LogP contribution in [0.2, 0.25) is 0 Å². The Bertz CT molecular complexity index is 1140. The first-order valence-corrected chi connectivity index (χ1v) is 11.1. The molecule has 2 heterocycles. The van der Waals surface area contributed by atoms with Gasteiger partial charge in [0.25, 0.3) is 0 Å². The van der Waals surface area contributed by atoms with Gasteiger partial charge in [-0.2, -0.15) is 0 Å². The summed E-state index contributed by atoms with van der Waals surface area (Å²) in [5.74, 6) is -1.31. The van der Waals surface area contributed by atoms with Gasteiger partial charge in [-0.25, -0.2) is 14.2 Å². The van der Waals surface area contributed by atoms with Crippen molar-refractivity contribution in [1.29, 1.82) is 0 Å². The van der Waals surface area contributed by atoms with Gasteiger partial charge < -0.3 is 15.0 Å². The summed E-state index contributed by atoms with van der Waals surface area (Å²) >= 11 is 1.40. The Morgan fingerprint density at radius 3 is 2.56 bits per heavy atom. The van der Waals surface area contributed by atoms with Crippen LogP contribution in [-0.4, -0.2) is 29.1 Å². The van der Waals surface area contributed by atoms with Crippen LogP contribution in [0.15, 0.2) is 82.0 Å². The zero-order valence-electron chi connectivity index (χ0n) is 17.7. The number of hydrogen-bond donors (Lipinski definition) is 1. The molecule has 32 heavy (non-hydrogen) atoms. The van der Waals surface area contributed by atoms with E-state index < -0.39 is 17.8 Å². The molecule has 0 saturated heterocycles. The number of esters is 1. The zero-order valence-corrected chi connectivity index (χ0v) is 18.5. The number of amides is 1. The van der Waals surface area contributed by atoms with Crippen molar-refractivity contribution in [3.63, 3.8) is 0 Å². The monoisotopic (exact) mass is 451 g/mol. The number of para-hydroxylation sites is 1. The van der Waals surface area contributed by atoms with Crippen molar-refractivity contribution < 1.29 is 18.7 Å². The molecule has 2 aliphatic rings. The standard InChI is InChI=1S/C24H22FN3O3S/c1-3-18-21(23(30)31-2)22(15-9-5-4-6-10-15)28-16(14-32-24(28)27-18)13-20(29)26-19-12-8-7-11-17(19)25/h4-12,14,22H,3,13H2,1-2H3,(H,26,29). The maximum atomic E-state index is 14.0. The number of hydrogen-bond acceptors (Lipinski definition) is 6. The minimum atomic E-state index is -0.499. The van der Waals surface area contributed by atoms with Crippen LogP contribution < -0.4 is 5.32 Å². The minimum absolute atomic E-state index is 0.000398. The average Bonchev–Trinajstić information content (AvgIpc) is 3.21. The first-order valence-electron chi connectivity index (χ1n) is 10.2. The van der Waals surface area contributed by atoms with Gasteiger partial charge in [-0.1, -0.05) is 61.2 Å². The molecular weight excluding hydrogens is 429 g/mol. The van der Waals surface area contributed by atoms with Crippen LogP contribution in [0.3, 0.4) is 0 Å². The highest BCUT2D eigenvalue weighted by molar-refractivity contribution is 8.16. The second kappa shape index (κ2) is 9.40. The fraction of sp³-hybridized carbons (Fsp3) is 0.208. The van der Waals surface area contributed by atoms with E-state index >= 15 is 0 Å². The second-order valence-corrected chi connectivity index (χ2v) is 8.05. The number of fused-ring (bicyclic) bond motifs is 1. The van der Waals surface area contributed by atoms with Crippen molar-refractivity contribution in [2.24, 2.45) is 4.99 Å². The highest BCUT2D eigenvalue weighted by Crippen LogP contribution is 2.45. The van der Waals surface area contributed by atoms with Crippen LogP contribution in [0, 0.1) is 5.82 Å². The molecule has 1 unspecified atom stereocenters. The van der Waals surface area contributed by atoms with Gasteiger partial charge in [0.15, 0.2) is 5.17 Å². The van der Waals surface area contributed by atoms with E-state index in [1.165, 1.54) is 31.0 Å². The minimum Gasteiger partial charge on any atom is -0.466 e. The molecule has 2 aromatic rings. The number of anilines is 1. The van der Waals surface area contributed by atoms with Crippen LogP contribution in [0.5, 0.6) is 0 Å². The number of amidine groups is 1. The van der Waals surface area contributed by atoms with E-state index in [1.807, 2.05) is 47.6 Å². The van der Waals surface area contributed by atoms with Crippen molar-refractivity contribution in [2.45, 2.75) is 25.8 Å². The summed E-state index contributed by atoms with van der Waals surface area (Å²) in [6, 6.07) is 15.1. The molecule has 2 aromatic carbocycles. The van der Waals surface area contributed by atoms with Crippen molar-refractivity contribution in [2.75, 3.05) is 12.4 Å². The SMILES string of the molecule is CCC1=C(C(=O)OC)C(c2ccccc2)N2C(CC(=O)Nc3ccccc3F)=CSC2=N1. The molecule has 0 radical (unpaired) electrons. The number of nitrogens with one attached hydrogen (secondary N) is 1. The Kier molecular flexibility index (Phi) is 6.41. The van der Waals surface area contributed by atoms with Gasteiger partial charge in [0.2, 0.25) is 5.91 Å². The lowest BCUT2D eigenvalue weighted by Crippen LogP contribution is -2.37. The Labute approximate surface area is 189 Å². The number of methoxy groups -OCH3 is 1. The number of carbonyl (C=O) groups is 2. The van der Waals surface area contributed by atoms with Crippen LogP contribution >= 0.6 is 11.8 Å². The topological polar surface area (TPSA) is 71.0 Å². The number of thioether (sulfide) groups is 1. The van der Waals surface area contributed by atoms with E-state index in [-0.39, 0.29) is 18.0 Å². The van der Waals surface area contributed by atoms with Crippen molar-refractivity contribution >= 4 is 34.5 Å². The maximum absolute atomic E-state index is 14.0. The predicted molar refractivity (Wildman–Crippen MR) is 123 cm³/mol. The molecule has 0 bridgehead atoms. The summed E-state index contributed by atoms with van der Waals surface area (Å²) in [6.45, 7) is 1.94. The molecule has 1 N–H and O–H groups in total. The molecule has 8 heteroatoms. The third-order valence-electron chi connectivity index (χ3n) is 5.23. The molecule has 1 amide bonds. The first kappa shape index (κ1) is 21.8. The molecule has 0 aliphatic carbocycles. The Balaban J connectivity index is 1.68. The quantitative estimate of drug-likeness (QED) is 0.627. The van der Waals surface area contributed by atoms with Crippen LogP contribution in [0.4, 0.5) is 10.1 Å². The van der Waals surface area contributed by atoms with Crippen molar-refractivity contribution in [3.8, 4) is 0 Å². The van der Waals surface area contributed by atoms with Gasteiger partial charge in [0.1, 0.15) is 5.82 Å². The van der Waals surface area contributed by atoms with Gasteiger partial charge in [0, 0.05) is 5.70 Å². The van der Waals surface area contributed by atoms with E-state index in [4.69, 9.17) is 4.74 Å². The van der Waals surface area contributed by atoms with Gasteiger partial charge in [-0.05, 0) is 29.5 Å². The third-order valence-corrected chi connectivity index (χ3v) is 6.12. The van der Waals surface area contributed by atoms with Crippen LogP contribution in [0.25, 0.3) is 0 Å². The fourth-order valence-corrected chi connectivity index (χ4v) is 4.72. The van der Waals surface area contributed by atoms with Gasteiger partial charge >= 0.3 is 5.97 Å². The molecule has 2 aliphatic heterocycles. The Morgan fingerprint density at radius 1 is 1.16 bits per heavy atom. The number of allylic oxidation sites excluding steroid dienone is 1. The number of carbonyl (C=O) groups excluding carboxylic acids is 2. The van der Waals surface area contributed by atoms with Gasteiger partial charge in [0.05, 0.1) is 36.5 Å². The number of halogens is 1. The summed E-state index contributed by atoms with van der Waals surface area (Å²) in [4.78, 5) is 32.1. The smallest absolute Gasteiger partial charge is 0.338 e. The zero-order chi connectivity index (χ0) is 22.7. The summed E-state index contributed by atoms with van der Waals surface area (Å²) in [7, 11) is 1.35. The first-order chi connectivity index (χ1) is 15.5.